The highest BCUT2D eigenvalue weighted by Crippen LogP contribution is 2.54. The molecule has 1 aliphatic carbocycles. The Morgan fingerprint density at radius 1 is 0.315 bits per heavy atom. The second-order valence-corrected chi connectivity index (χ2v) is 14.9. The summed E-state index contributed by atoms with van der Waals surface area (Å²) in [4.78, 5) is 2.51. The van der Waals surface area contributed by atoms with Crippen LogP contribution in [0.3, 0.4) is 0 Å². The zero-order valence-corrected chi connectivity index (χ0v) is 30.5. The van der Waals surface area contributed by atoms with Crippen LogP contribution in [-0.2, 0) is 5.41 Å². The van der Waals surface area contributed by atoms with Gasteiger partial charge in [0.15, 0.2) is 0 Å². The number of para-hydroxylation sites is 3. The molecule has 1 aliphatic rings. The van der Waals surface area contributed by atoms with E-state index in [0.29, 0.717) is 0 Å². The lowest BCUT2D eigenvalue weighted by atomic mass is 9.82. The fraction of sp³-hybridized carbons (Fsp3) is 0.0566. The summed E-state index contributed by atoms with van der Waals surface area (Å²) < 4.78 is 0. The summed E-state index contributed by atoms with van der Waals surface area (Å²) >= 11 is 0. The van der Waals surface area contributed by atoms with Crippen LogP contribution in [0.15, 0.2) is 200 Å². The summed E-state index contributed by atoms with van der Waals surface area (Å²) in [7, 11) is 0. The molecule has 0 aromatic heterocycles. The first kappa shape index (κ1) is 32.0. The maximum Gasteiger partial charge on any atom is 0.0540 e. The number of hydrogen-bond acceptors (Lipinski definition) is 1. The van der Waals surface area contributed by atoms with Crippen LogP contribution in [0.5, 0.6) is 0 Å². The van der Waals surface area contributed by atoms with Crippen molar-refractivity contribution >= 4 is 38.6 Å². The molecule has 0 amide bonds. The van der Waals surface area contributed by atoms with Crippen LogP contribution in [0, 0.1) is 0 Å². The molecule has 0 heterocycles. The molecule has 0 saturated carbocycles. The number of fused-ring (bicyclic) bond motifs is 5. The summed E-state index contributed by atoms with van der Waals surface area (Å²) in [5.41, 5.74) is 15.9. The van der Waals surface area contributed by atoms with Gasteiger partial charge < -0.3 is 4.90 Å². The Morgan fingerprint density at radius 3 is 1.30 bits per heavy atom. The predicted molar refractivity (Wildman–Crippen MR) is 230 cm³/mol. The first-order valence-electron chi connectivity index (χ1n) is 18.9. The molecule has 0 N–H and O–H groups in total. The minimum absolute atomic E-state index is 0.0953. The molecule has 0 radical (unpaired) electrons. The normalized spacial score (nSPS) is 12.8. The third-order valence-electron chi connectivity index (χ3n) is 11.5. The highest BCUT2D eigenvalue weighted by Gasteiger charge is 2.37. The third-order valence-corrected chi connectivity index (χ3v) is 11.5. The molecular weight excluding hydrogens is 651 g/mol. The molecule has 256 valence electrons. The summed E-state index contributed by atoms with van der Waals surface area (Å²) in [6, 6.07) is 73.5. The highest BCUT2D eigenvalue weighted by molar-refractivity contribution is 6.02. The predicted octanol–water partition coefficient (Wildman–Crippen LogP) is 14.8. The van der Waals surface area contributed by atoms with Crippen molar-refractivity contribution in [2.45, 2.75) is 19.3 Å². The van der Waals surface area contributed by atoms with E-state index in [9.17, 15) is 0 Å². The van der Waals surface area contributed by atoms with Gasteiger partial charge in [-0.1, -0.05) is 184 Å². The van der Waals surface area contributed by atoms with E-state index in [4.69, 9.17) is 0 Å². The molecule has 0 aliphatic heterocycles. The average molecular weight is 690 g/mol. The first-order valence-corrected chi connectivity index (χ1v) is 18.9. The molecule has 1 nitrogen and oxygen atoms in total. The molecule has 0 spiro atoms. The molecule has 0 atom stereocenters. The molecule has 54 heavy (non-hydrogen) atoms. The number of benzene rings is 9. The molecule has 0 unspecified atom stereocenters. The van der Waals surface area contributed by atoms with E-state index in [1.54, 1.807) is 0 Å². The number of rotatable bonds is 6. The summed E-state index contributed by atoms with van der Waals surface area (Å²) in [6.07, 6.45) is 0. The molecular formula is C53H39N. The summed E-state index contributed by atoms with van der Waals surface area (Å²) in [6.45, 7) is 4.72. The van der Waals surface area contributed by atoms with Crippen LogP contribution in [0.2, 0.25) is 0 Å². The summed E-state index contributed by atoms with van der Waals surface area (Å²) in [5, 5.41) is 4.94. The minimum Gasteiger partial charge on any atom is -0.309 e. The topological polar surface area (TPSA) is 3.24 Å². The lowest BCUT2D eigenvalue weighted by Crippen LogP contribution is -2.15. The molecule has 0 saturated heterocycles. The Kier molecular flexibility index (Phi) is 7.56. The van der Waals surface area contributed by atoms with Crippen LogP contribution in [0.4, 0.5) is 17.1 Å². The Hall–Kier alpha value is -6.70. The van der Waals surface area contributed by atoms with Crippen molar-refractivity contribution in [3.63, 3.8) is 0 Å². The second kappa shape index (κ2) is 12.8. The second-order valence-electron chi connectivity index (χ2n) is 14.9. The van der Waals surface area contributed by atoms with Gasteiger partial charge in [-0.15, -0.1) is 0 Å². The number of nitrogens with zero attached hydrogens (tertiary/aromatic N) is 1. The van der Waals surface area contributed by atoms with Gasteiger partial charge in [0.25, 0.3) is 0 Å². The van der Waals surface area contributed by atoms with Gasteiger partial charge in [0.05, 0.1) is 17.1 Å². The van der Waals surface area contributed by atoms with Crippen molar-refractivity contribution < 1.29 is 0 Å². The summed E-state index contributed by atoms with van der Waals surface area (Å²) in [5.74, 6) is 0. The van der Waals surface area contributed by atoms with Crippen LogP contribution in [0.25, 0.3) is 66.1 Å². The van der Waals surface area contributed by atoms with Gasteiger partial charge in [0.1, 0.15) is 0 Å². The van der Waals surface area contributed by atoms with E-state index in [2.05, 4.69) is 219 Å². The van der Waals surface area contributed by atoms with Crippen molar-refractivity contribution in [1.82, 2.24) is 0 Å². The lowest BCUT2D eigenvalue weighted by Gasteiger charge is -2.32. The average Bonchev–Trinajstić information content (AvgIpc) is 3.47. The molecule has 9 aromatic rings. The van der Waals surface area contributed by atoms with Crippen LogP contribution in [-0.4, -0.2) is 0 Å². The quantitative estimate of drug-likeness (QED) is 0.168. The van der Waals surface area contributed by atoms with E-state index in [1.807, 2.05) is 0 Å². The molecule has 9 aromatic carbocycles. The fourth-order valence-corrected chi connectivity index (χ4v) is 8.80. The molecule has 1 heteroatoms. The van der Waals surface area contributed by atoms with Gasteiger partial charge in [-0.05, 0) is 90.8 Å². The van der Waals surface area contributed by atoms with Gasteiger partial charge in [0, 0.05) is 22.1 Å². The van der Waals surface area contributed by atoms with Crippen LogP contribution >= 0.6 is 0 Å². The van der Waals surface area contributed by atoms with Gasteiger partial charge in [-0.25, -0.2) is 0 Å². The SMILES string of the molecule is CC1(C)c2ccccc2-c2c(-c3ccccc3N(c3ccccc3-c3ccc4ccccc4c3)c3ccccc3-c3ccc4ccccc4c3)cccc21. The number of anilines is 3. The Morgan fingerprint density at radius 2 is 0.722 bits per heavy atom. The highest BCUT2D eigenvalue weighted by atomic mass is 15.1. The standard InChI is InChI=1S/C53H39N/c1-53(2)47-25-11-7-23-46(47)52-45(24-15-26-48(52)53)44-22-10-14-29-51(44)54(49-27-12-8-20-42(49)40-32-30-36-16-3-5-18-38(36)34-40)50-28-13-9-21-43(50)41-33-31-37-17-4-6-19-39(37)35-41/h3-35H,1-2H3. The molecule has 0 fully saturated rings. The maximum atomic E-state index is 2.51. The smallest absolute Gasteiger partial charge is 0.0540 e. The van der Waals surface area contributed by atoms with E-state index in [-0.39, 0.29) is 5.41 Å². The zero-order valence-electron chi connectivity index (χ0n) is 30.5. The van der Waals surface area contributed by atoms with E-state index < -0.39 is 0 Å². The van der Waals surface area contributed by atoms with E-state index in [1.165, 1.54) is 77.2 Å². The van der Waals surface area contributed by atoms with Crippen LogP contribution in [0.1, 0.15) is 25.0 Å². The van der Waals surface area contributed by atoms with Crippen molar-refractivity contribution in [2.24, 2.45) is 0 Å². The Labute approximate surface area is 317 Å². The largest absolute Gasteiger partial charge is 0.309 e. The zero-order chi connectivity index (χ0) is 36.2. The minimum atomic E-state index is -0.0953. The molecule has 0 bridgehead atoms. The Bertz CT molecular complexity index is 2750. The van der Waals surface area contributed by atoms with Gasteiger partial charge in [-0.3, -0.25) is 0 Å². The first-order chi connectivity index (χ1) is 26.6. The Balaban J connectivity index is 1.26. The van der Waals surface area contributed by atoms with Crippen molar-refractivity contribution in [3.8, 4) is 44.5 Å². The molecule has 10 rings (SSSR count). The van der Waals surface area contributed by atoms with Gasteiger partial charge >= 0.3 is 0 Å². The van der Waals surface area contributed by atoms with E-state index in [0.717, 1.165) is 17.1 Å². The van der Waals surface area contributed by atoms with Gasteiger partial charge in [0.2, 0.25) is 0 Å². The number of hydrogen-bond donors (Lipinski definition) is 0. The van der Waals surface area contributed by atoms with Crippen molar-refractivity contribution in [1.29, 1.82) is 0 Å². The van der Waals surface area contributed by atoms with Crippen molar-refractivity contribution in [2.75, 3.05) is 4.90 Å². The van der Waals surface area contributed by atoms with Crippen molar-refractivity contribution in [3.05, 3.63) is 211 Å². The van der Waals surface area contributed by atoms with Gasteiger partial charge in [-0.2, -0.15) is 0 Å². The maximum absolute atomic E-state index is 2.51. The fourth-order valence-electron chi connectivity index (χ4n) is 8.80. The third kappa shape index (κ3) is 5.16. The lowest BCUT2D eigenvalue weighted by molar-refractivity contribution is 0.660. The van der Waals surface area contributed by atoms with E-state index >= 15 is 0 Å². The van der Waals surface area contributed by atoms with Crippen LogP contribution < -0.4 is 4.90 Å². The monoisotopic (exact) mass is 689 g/mol.